The van der Waals surface area contributed by atoms with Crippen molar-refractivity contribution in [3.05, 3.63) is 23.4 Å². The molecule has 0 heterocycles. The van der Waals surface area contributed by atoms with Gasteiger partial charge in [-0.05, 0) is 57.4 Å². The van der Waals surface area contributed by atoms with E-state index in [1.807, 2.05) is 6.92 Å². The highest BCUT2D eigenvalue weighted by Gasteiger charge is 2.38. The number of aliphatic hydroxyl groups is 1. The fourth-order valence-corrected chi connectivity index (χ4v) is 3.15. The van der Waals surface area contributed by atoms with Gasteiger partial charge in [0.1, 0.15) is 0 Å². The summed E-state index contributed by atoms with van der Waals surface area (Å²) in [5, 5.41) is 9.63. The fraction of sp³-hybridized carbons (Fsp3) is 0.789. The summed E-state index contributed by atoms with van der Waals surface area (Å²) in [6.07, 6.45) is 6.25. The Kier molecular flexibility index (Phi) is 7.51. The third-order valence-corrected chi connectivity index (χ3v) is 4.59. The van der Waals surface area contributed by atoms with Crippen molar-refractivity contribution in [2.75, 3.05) is 6.54 Å². The molecule has 21 heavy (non-hydrogen) atoms. The molecule has 2 nitrogen and oxygen atoms in total. The van der Waals surface area contributed by atoms with E-state index in [4.69, 9.17) is 0 Å². The maximum Gasteiger partial charge on any atom is 0.0515 e. The van der Waals surface area contributed by atoms with Crippen LogP contribution in [0.3, 0.4) is 0 Å². The maximum atomic E-state index is 9.63. The highest BCUT2D eigenvalue weighted by atomic mass is 16.3. The fourth-order valence-electron chi connectivity index (χ4n) is 3.15. The first kappa shape index (κ1) is 18.3. The third-order valence-electron chi connectivity index (χ3n) is 4.59. The van der Waals surface area contributed by atoms with Gasteiger partial charge in [-0.25, -0.2) is 0 Å². The van der Waals surface area contributed by atoms with Gasteiger partial charge < -0.3 is 10.0 Å². The van der Waals surface area contributed by atoms with E-state index in [1.165, 1.54) is 29.7 Å². The standard InChI is InChI=1S/C19H35NO/c1-7-9-14(3)18(11-10-16(5)21)17(6)20(12-8-2)19-13-15(19)4/h15-16,19,21H,3,7-13H2,1-2,4-6H3/b18-17+. The number of nitrogens with zero attached hydrogens (tertiary/aromatic N) is 1. The van der Waals surface area contributed by atoms with E-state index >= 15 is 0 Å². The van der Waals surface area contributed by atoms with Gasteiger partial charge in [-0.3, -0.25) is 0 Å². The highest BCUT2D eigenvalue weighted by Crippen LogP contribution is 2.39. The SMILES string of the molecule is C=C(CCC)/C(CCC(C)O)=C(\C)N(CCC)C1CC1C. The van der Waals surface area contributed by atoms with Crippen LogP contribution in [0.1, 0.15) is 73.1 Å². The number of hydrogen-bond donors (Lipinski definition) is 1. The molecule has 0 saturated heterocycles. The van der Waals surface area contributed by atoms with Crippen LogP contribution in [0.25, 0.3) is 0 Å². The molecule has 1 fully saturated rings. The average molecular weight is 293 g/mol. The molecule has 0 aromatic heterocycles. The Morgan fingerprint density at radius 2 is 1.90 bits per heavy atom. The Balaban J connectivity index is 2.95. The lowest BCUT2D eigenvalue weighted by Gasteiger charge is -2.29. The molecule has 1 saturated carbocycles. The van der Waals surface area contributed by atoms with Crippen molar-refractivity contribution >= 4 is 0 Å². The van der Waals surface area contributed by atoms with Crippen molar-refractivity contribution in [3.63, 3.8) is 0 Å². The van der Waals surface area contributed by atoms with Crippen molar-refractivity contribution in [3.8, 4) is 0 Å². The lowest BCUT2D eigenvalue weighted by Crippen LogP contribution is -2.27. The summed E-state index contributed by atoms with van der Waals surface area (Å²) >= 11 is 0. The summed E-state index contributed by atoms with van der Waals surface area (Å²) in [4.78, 5) is 2.60. The Morgan fingerprint density at radius 1 is 1.29 bits per heavy atom. The van der Waals surface area contributed by atoms with Crippen molar-refractivity contribution in [1.82, 2.24) is 4.90 Å². The van der Waals surface area contributed by atoms with E-state index in [-0.39, 0.29) is 6.10 Å². The molecule has 1 N–H and O–H groups in total. The third kappa shape index (κ3) is 5.50. The summed E-state index contributed by atoms with van der Waals surface area (Å²) in [5.41, 5.74) is 4.07. The topological polar surface area (TPSA) is 23.5 Å². The molecular weight excluding hydrogens is 258 g/mol. The summed E-state index contributed by atoms with van der Waals surface area (Å²) in [7, 11) is 0. The van der Waals surface area contributed by atoms with Crippen LogP contribution in [0.2, 0.25) is 0 Å². The molecule has 0 radical (unpaired) electrons. The van der Waals surface area contributed by atoms with Gasteiger partial charge >= 0.3 is 0 Å². The van der Waals surface area contributed by atoms with Crippen LogP contribution in [-0.2, 0) is 0 Å². The summed E-state index contributed by atoms with van der Waals surface area (Å²) in [6, 6.07) is 0.723. The first-order chi connectivity index (χ1) is 9.92. The molecule has 0 bridgehead atoms. The number of aliphatic hydroxyl groups excluding tert-OH is 1. The lowest BCUT2D eigenvalue weighted by atomic mass is 9.95. The summed E-state index contributed by atoms with van der Waals surface area (Å²) < 4.78 is 0. The summed E-state index contributed by atoms with van der Waals surface area (Å²) in [6.45, 7) is 16.4. The molecule has 1 rings (SSSR count). The van der Waals surface area contributed by atoms with E-state index in [0.717, 1.165) is 44.2 Å². The van der Waals surface area contributed by atoms with E-state index in [9.17, 15) is 5.11 Å². The van der Waals surface area contributed by atoms with Crippen molar-refractivity contribution in [2.24, 2.45) is 5.92 Å². The Labute approximate surface area is 131 Å². The van der Waals surface area contributed by atoms with E-state index < -0.39 is 0 Å². The van der Waals surface area contributed by atoms with Crippen LogP contribution in [0, 0.1) is 5.92 Å². The van der Waals surface area contributed by atoms with Crippen molar-refractivity contribution in [2.45, 2.75) is 85.3 Å². The predicted octanol–water partition coefficient (Wildman–Crippen LogP) is 4.90. The van der Waals surface area contributed by atoms with Crippen LogP contribution in [-0.4, -0.2) is 28.7 Å². The van der Waals surface area contributed by atoms with Gasteiger partial charge in [-0.15, -0.1) is 0 Å². The Morgan fingerprint density at radius 3 is 2.33 bits per heavy atom. The molecule has 1 aliphatic carbocycles. The first-order valence-corrected chi connectivity index (χ1v) is 8.74. The molecule has 122 valence electrons. The van der Waals surface area contributed by atoms with Gasteiger partial charge in [-0.2, -0.15) is 0 Å². The van der Waals surface area contributed by atoms with Crippen LogP contribution in [0.15, 0.2) is 23.4 Å². The zero-order chi connectivity index (χ0) is 16.0. The molecule has 2 heteroatoms. The molecule has 1 aliphatic rings. The van der Waals surface area contributed by atoms with Crippen molar-refractivity contribution < 1.29 is 5.11 Å². The second-order valence-corrected chi connectivity index (χ2v) is 6.78. The highest BCUT2D eigenvalue weighted by molar-refractivity contribution is 5.33. The van der Waals surface area contributed by atoms with Crippen LogP contribution in [0.4, 0.5) is 0 Å². The summed E-state index contributed by atoms with van der Waals surface area (Å²) in [5.74, 6) is 0.823. The van der Waals surface area contributed by atoms with Crippen LogP contribution < -0.4 is 0 Å². The molecule has 3 unspecified atom stereocenters. The molecule has 0 aromatic carbocycles. The normalized spacial score (nSPS) is 23.5. The first-order valence-electron chi connectivity index (χ1n) is 8.74. The molecule has 0 aromatic rings. The predicted molar refractivity (Wildman–Crippen MR) is 92.2 cm³/mol. The van der Waals surface area contributed by atoms with Gasteiger partial charge in [0.25, 0.3) is 0 Å². The largest absolute Gasteiger partial charge is 0.393 e. The smallest absolute Gasteiger partial charge is 0.0515 e. The Bertz CT molecular complexity index is 370. The second kappa shape index (κ2) is 8.63. The zero-order valence-corrected chi connectivity index (χ0v) is 14.8. The molecule has 0 spiro atoms. The minimum Gasteiger partial charge on any atom is -0.393 e. The molecule has 0 aliphatic heterocycles. The number of hydrogen-bond acceptors (Lipinski definition) is 2. The lowest BCUT2D eigenvalue weighted by molar-refractivity contribution is 0.184. The van der Waals surface area contributed by atoms with Crippen LogP contribution in [0.5, 0.6) is 0 Å². The van der Waals surface area contributed by atoms with Gasteiger partial charge in [0, 0.05) is 18.3 Å². The van der Waals surface area contributed by atoms with Gasteiger partial charge in [-0.1, -0.05) is 39.3 Å². The number of rotatable bonds is 10. The van der Waals surface area contributed by atoms with Gasteiger partial charge in [0.2, 0.25) is 0 Å². The quantitative estimate of drug-likeness (QED) is 0.579. The molecular formula is C19H35NO. The number of allylic oxidation sites excluding steroid dienone is 3. The van der Waals surface area contributed by atoms with E-state index in [0.29, 0.717) is 0 Å². The maximum absolute atomic E-state index is 9.63. The minimum atomic E-state index is -0.235. The zero-order valence-electron chi connectivity index (χ0n) is 14.8. The van der Waals surface area contributed by atoms with E-state index in [1.54, 1.807) is 0 Å². The Hall–Kier alpha value is -0.760. The monoisotopic (exact) mass is 293 g/mol. The van der Waals surface area contributed by atoms with Gasteiger partial charge in [0.15, 0.2) is 0 Å². The van der Waals surface area contributed by atoms with E-state index in [2.05, 4.69) is 39.2 Å². The van der Waals surface area contributed by atoms with Gasteiger partial charge in [0.05, 0.1) is 6.10 Å². The molecule has 0 amide bonds. The van der Waals surface area contributed by atoms with Crippen LogP contribution >= 0.6 is 0 Å². The second-order valence-electron chi connectivity index (χ2n) is 6.78. The molecule has 3 atom stereocenters. The average Bonchev–Trinajstić information content (AvgIpc) is 3.12. The van der Waals surface area contributed by atoms with Crippen molar-refractivity contribution in [1.29, 1.82) is 0 Å². The minimum absolute atomic E-state index is 0.235.